The molecule has 3 N–H and O–H groups in total. The van der Waals surface area contributed by atoms with Crippen molar-refractivity contribution < 1.29 is 9.90 Å². The van der Waals surface area contributed by atoms with Crippen molar-refractivity contribution in [2.45, 2.75) is 18.5 Å². The number of aromatic amines is 1. The van der Waals surface area contributed by atoms with Crippen LogP contribution in [0.2, 0.25) is 0 Å². The molecule has 1 aliphatic heterocycles. The maximum atomic E-state index is 10.9. The molecule has 1 amide bonds. The van der Waals surface area contributed by atoms with E-state index in [1.54, 1.807) is 0 Å². The molecule has 1 aliphatic carbocycles. The zero-order chi connectivity index (χ0) is 14.6. The molecule has 2 aromatic rings. The summed E-state index contributed by atoms with van der Waals surface area (Å²) in [6, 6.07) is 6.44. The number of amides is 1. The molecular weight excluding hydrogens is 266 g/mol. The van der Waals surface area contributed by atoms with Crippen molar-refractivity contribution >= 4 is 22.6 Å². The third-order valence-electron chi connectivity index (χ3n) is 4.58. The Balaban J connectivity index is 1.87. The van der Waals surface area contributed by atoms with Gasteiger partial charge in [-0.05, 0) is 36.2 Å². The minimum Gasteiger partial charge on any atom is -0.465 e. The van der Waals surface area contributed by atoms with E-state index in [2.05, 4.69) is 52.7 Å². The van der Waals surface area contributed by atoms with E-state index in [9.17, 15) is 4.79 Å². The molecule has 2 atom stereocenters. The van der Waals surface area contributed by atoms with Crippen LogP contribution in [-0.2, 0) is 6.42 Å². The van der Waals surface area contributed by atoms with Crippen LogP contribution in [0.5, 0.6) is 0 Å². The molecule has 5 heteroatoms. The lowest BCUT2D eigenvalue weighted by molar-refractivity contribution is 0.184. The number of hydrogen-bond donors (Lipinski definition) is 3. The van der Waals surface area contributed by atoms with Gasteiger partial charge in [-0.1, -0.05) is 18.2 Å². The van der Waals surface area contributed by atoms with Gasteiger partial charge in [0.25, 0.3) is 0 Å². The van der Waals surface area contributed by atoms with E-state index in [4.69, 9.17) is 5.11 Å². The minimum absolute atomic E-state index is 0.158. The highest BCUT2D eigenvalue weighted by Crippen LogP contribution is 2.39. The Bertz CT molecular complexity index is 762. The second kappa shape index (κ2) is 4.36. The Morgan fingerprint density at radius 1 is 1.48 bits per heavy atom. The van der Waals surface area contributed by atoms with Crippen LogP contribution >= 0.6 is 0 Å². The quantitative estimate of drug-likeness (QED) is 0.750. The van der Waals surface area contributed by atoms with Gasteiger partial charge in [-0.2, -0.15) is 0 Å². The first kappa shape index (κ1) is 12.5. The van der Waals surface area contributed by atoms with Crippen LogP contribution in [0.1, 0.15) is 11.1 Å². The summed E-state index contributed by atoms with van der Waals surface area (Å²) in [7, 11) is 2.06. The maximum Gasteiger partial charge on any atom is 0.405 e. The van der Waals surface area contributed by atoms with Crippen LogP contribution in [0.15, 0.2) is 30.5 Å². The van der Waals surface area contributed by atoms with Crippen LogP contribution in [-0.4, -0.2) is 46.8 Å². The second-order valence-corrected chi connectivity index (χ2v) is 5.88. The molecule has 108 valence electrons. The molecule has 0 unspecified atom stereocenters. The third kappa shape index (κ3) is 1.85. The lowest BCUT2D eigenvalue weighted by atomic mass is 9.81. The van der Waals surface area contributed by atoms with E-state index in [-0.39, 0.29) is 6.04 Å². The molecule has 1 aromatic heterocycles. The first-order chi connectivity index (χ1) is 10.1. The van der Waals surface area contributed by atoms with E-state index in [1.165, 1.54) is 22.1 Å². The zero-order valence-electron chi connectivity index (χ0n) is 11.8. The van der Waals surface area contributed by atoms with E-state index >= 15 is 0 Å². The van der Waals surface area contributed by atoms with E-state index in [1.807, 2.05) is 0 Å². The van der Waals surface area contributed by atoms with Crippen LogP contribution in [0.3, 0.4) is 0 Å². The fourth-order valence-electron chi connectivity index (χ4n) is 3.70. The molecule has 0 spiro atoms. The van der Waals surface area contributed by atoms with Gasteiger partial charge in [-0.3, -0.25) is 4.90 Å². The number of carboxylic acid groups (broad SMARTS) is 1. The van der Waals surface area contributed by atoms with Gasteiger partial charge in [0.1, 0.15) is 0 Å². The Morgan fingerprint density at radius 3 is 3.14 bits per heavy atom. The summed E-state index contributed by atoms with van der Waals surface area (Å²) in [6.45, 7) is 0.705. The normalized spacial score (nSPS) is 24.5. The maximum absolute atomic E-state index is 10.9. The molecule has 0 bridgehead atoms. The molecule has 2 heterocycles. The highest BCUT2D eigenvalue weighted by Gasteiger charge is 2.33. The van der Waals surface area contributed by atoms with Crippen molar-refractivity contribution in [3.63, 3.8) is 0 Å². The number of nitrogens with one attached hydrogen (secondary N) is 2. The predicted octanol–water partition coefficient (Wildman–Crippen LogP) is 2.06. The van der Waals surface area contributed by atoms with Crippen molar-refractivity contribution in [2.75, 3.05) is 13.6 Å². The summed E-state index contributed by atoms with van der Waals surface area (Å²) >= 11 is 0. The molecule has 0 fully saturated rings. The molecule has 0 saturated heterocycles. The number of hydrogen-bond acceptors (Lipinski definition) is 2. The van der Waals surface area contributed by atoms with Crippen molar-refractivity contribution in [1.82, 2.24) is 15.2 Å². The van der Waals surface area contributed by atoms with E-state index in [0.29, 0.717) is 12.6 Å². The smallest absolute Gasteiger partial charge is 0.405 e. The monoisotopic (exact) mass is 283 g/mol. The number of benzene rings is 1. The number of H-pyrrole nitrogens is 1. The molecule has 4 rings (SSSR count). The van der Waals surface area contributed by atoms with Gasteiger partial charge in [0.15, 0.2) is 0 Å². The number of likely N-dealkylation sites (N-methyl/N-ethyl adjacent to an activating group) is 1. The summed E-state index contributed by atoms with van der Waals surface area (Å²) in [6.07, 6.45) is 4.18. The average molecular weight is 283 g/mol. The molecule has 1 aromatic carbocycles. The van der Waals surface area contributed by atoms with Crippen molar-refractivity contribution in [2.24, 2.45) is 0 Å². The Labute approximate surface area is 122 Å². The molecule has 0 saturated carbocycles. The number of aromatic nitrogens is 1. The predicted molar refractivity (Wildman–Crippen MR) is 81.3 cm³/mol. The third-order valence-corrected chi connectivity index (χ3v) is 4.58. The molecule has 0 radical (unpaired) electrons. The van der Waals surface area contributed by atoms with Gasteiger partial charge in [0.05, 0.1) is 6.04 Å². The fourth-order valence-corrected chi connectivity index (χ4v) is 3.70. The number of fused-ring (bicyclic) bond motifs is 2. The van der Waals surface area contributed by atoms with Gasteiger partial charge in [-0.15, -0.1) is 0 Å². The SMILES string of the molecule is CN1C[C@@H](NC(=O)O)C=C2c3cccc4[nH]cc(c34)C[C@H]21. The molecular formula is C16H17N3O2. The first-order valence-electron chi connectivity index (χ1n) is 7.14. The minimum atomic E-state index is -0.972. The largest absolute Gasteiger partial charge is 0.465 e. The van der Waals surface area contributed by atoms with Crippen LogP contribution < -0.4 is 5.32 Å². The zero-order valence-corrected chi connectivity index (χ0v) is 11.8. The standard InChI is InChI=1S/C16H17N3O2/c1-19-8-10(18-16(20)21)6-12-11-3-2-4-13-15(11)9(7-17-13)5-14(12)19/h2-4,6-7,10,14,17-18H,5,8H2,1H3,(H,20,21)/t10-,14+/m0/s1. The number of rotatable bonds is 1. The lowest BCUT2D eigenvalue weighted by Gasteiger charge is -2.39. The van der Waals surface area contributed by atoms with Gasteiger partial charge >= 0.3 is 6.09 Å². The van der Waals surface area contributed by atoms with Crippen LogP contribution in [0.25, 0.3) is 16.5 Å². The highest BCUT2D eigenvalue weighted by atomic mass is 16.4. The van der Waals surface area contributed by atoms with E-state index < -0.39 is 6.09 Å². The molecule has 21 heavy (non-hydrogen) atoms. The van der Waals surface area contributed by atoms with Crippen molar-refractivity contribution in [1.29, 1.82) is 0 Å². The number of nitrogens with zero attached hydrogens (tertiary/aromatic N) is 1. The Hall–Kier alpha value is -2.27. The van der Waals surface area contributed by atoms with Crippen molar-refractivity contribution in [3.05, 3.63) is 41.6 Å². The Kier molecular flexibility index (Phi) is 2.59. The highest BCUT2D eigenvalue weighted by molar-refractivity contribution is 5.98. The van der Waals surface area contributed by atoms with Gasteiger partial charge < -0.3 is 15.4 Å². The first-order valence-corrected chi connectivity index (χ1v) is 7.14. The van der Waals surface area contributed by atoms with Gasteiger partial charge in [0.2, 0.25) is 0 Å². The topological polar surface area (TPSA) is 68.4 Å². The number of carbonyl (C=O) groups is 1. The second-order valence-electron chi connectivity index (χ2n) is 5.88. The van der Waals surface area contributed by atoms with E-state index in [0.717, 1.165) is 11.9 Å². The Morgan fingerprint density at radius 2 is 2.33 bits per heavy atom. The summed E-state index contributed by atoms with van der Waals surface area (Å²) < 4.78 is 0. The summed E-state index contributed by atoms with van der Waals surface area (Å²) in [5, 5.41) is 12.8. The molecule has 5 nitrogen and oxygen atoms in total. The summed E-state index contributed by atoms with van der Waals surface area (Å²) in [5.41, 5.74) is 4.96. The lowest BCUT2D eigenvalue weighted by Crippen LogP contribution is -2.49. The van der Waals surface area contributed by atoms with Gasteiger partial charge in [0, 0.05) is 29.7 Å². The molecule has 2 aliphatic rings. The summed E-state index contributed by atoms with van der Waals surface area (Å²) in [4.78, 5) is 16.5. The summed E-state index contributed by atoms with van der Waals surface area (Å²) in [5.74, 6) is 0. The van der Waals surface area contributed by atoms with Crippen LogP contribution in [0.4, 0.5) is 4.79 Å². The van der Waals surface area contributed by atoms with Crippen molar-refractivity contribution in [3.8, 4) is 0 Å². The van der Waals surface area contributed by atoms with Crippen LogP contribution in [0, 0.1) is 0 Å². The van der Waals surface area contributed by atoms with Gasteiger partial charge in [-0.25, -0.2) is 4.79 Å². The fraction of sp³-hybridized carbons (Fsp3) is 0.312. The average Bonchev–Trinajstić information content (AvgIpc) is 2.84.